The summed E-state index contributed by atoms with van der Waals surface area (Å²) in [4.78, 5) is 25.7. The Bertz CT molecular complexity index is 758. The number of urea groups is 1. The molecule has 0 aromatic heterocycles. The van der Waals surface area contributed by atoms with Crippen molar-refractivity contribution in [1.82, 2.24) is 4.90 Å². The van der Waals surface area contributed by atoms with E-state index in [0.29, 0.717) is 18.8 Å². The summed E-state index contributed by atoms with van der Waals surface area (Å²) in [5, 5.41) is 2.91. The third-order valence-electron chi connectivity index (χ3n) is 4.17. The molecule has 0 aliphatic carbocycles. The molecule has 24 heavy (non-hydrogen) atoms. The number of hydrogen-bond acceptors (Lipinski definition) is 3. The van der Waals surface area contributed by atoms with Gasteiger partial charge in [-0.2, -0.15) is 0 Å². The van der Waals surface area contributed by atoms with Gasteiger partial charge < -0.3 is 15.0 Å². The molecule has 5 heteroatoms. The van der Waals surface area contributed by atoms with Gasteiger partial charge in [-0.15, -0.1) is 0 Å². The van der Waals surface area contributed by atoms with Gasteiger partial charge >= 0.3 is 12.0 Å². The molecule has 2 aromatic rings. The second-order valence-corrected chi connectivity index (χ2v) is 5.82. The molecule has 0 fully saturated rings. The average molecular weight is 324 g/mol. The lowest BCUT2D eigenvalue weighted by atomic mass is 10.0. The Labute approximate surface area is 141 Å². The van der Waals surface area contributed by atoms with Crippen LogP contribution in [0, 0.1) is 0 Å². The number of rotatable bonds is 3. The van der Waals surface area contributed by atoms with Crippen molar-refractivity contribution in [2.24, 2.45) is 0 Å². The van der Waals surface area contributed by atoms with Gasteiger partial charge in [0.25, 0.3) is 0 Å². The molecule has 1 aliphatic heterocycles. The zero-order valence-corrected chi connectivity index (χ0v) is 13.6. The number of nitrogens with zero attached hydrogens (tertiary/aromatic N) is 1. The maximum atomic E-state index is 12.5. The van der Waals surface area contributed by atoms with Crippen molar-refractivity contribution in [2.75, 3.05) is 19.0 Å². The lowest BCUT2D eigenvalue weighted by molar-refractivity contribution is -0.139. The lowest BCUT2D eigenvalue weighted by Crippen LogP contribution is -2.38. The number of amides is 2. The maximum Gasteiger partial charge on any atom is 0.322 e. The minimum absolute atomic E-state index is 0.125. The number of esters is 1. The van der Waals surface area contributed by atoms with Crippen molar-refractivity contribution < 1.29 is 14.3 Å². The minimum atomic E-state index is -0.300. The molecule has 0 spiro atoms. The zero-order valence-electron chi connectivity index (χ0n) is 13.6. The molecular formula is C19H20N2O3. The number of benzene rings is 2. The predicted octanol–water partition coefficient (Wildman–Crippen LogP) is 2.99. The topological polar surface area (TPSA) is 58.6 Å². The number of anilines is 1. The van der Waals surface area contributed by atoms with E-state index in [-0.39, 0.29) is 18.4 Å². The fourth-order valence-corrected chi connectivity index (χ4v) is 2.87. The van der Waals surface area contributed by atoms with Crippen LogP contribution in [-0.2, 0) is 28.9 Å². The Hall–Kier alpha value is -2.82. The Kier molecular flexibility index (Phi) is 4.79. The highest BCUT2D eigenvalue weighted by molar-refractivity contribution is 5.89. The molecule has 5 nitrogen and oxygen atoms in total. The molecular weight excluding hydrogens is 304 g/mol. The predicted molar refractivity (Wildman–Crippen MR) is 91.7 cm³/mol. The van der Waals surface area contributed by atoms with Gasteiger partial charge in [-0.3, -0.25) is 4.79 Å². The van der Waals surface area contributed by atoms with Crippen molar-refractivity contribution in [2.45, 2.75) is 19.4 Å². The quantitative estimate of drug-likeness (QED) is 0.883. The molecule has 2 aromatic carbocycles. The standard InChI is InChI=1S/C19H20N2O3/c1-24-18(22)12-14-5-4-8-17(11-14)20-19(23)21-10-9-15-6-2-3-7-16(15)13-21/h2-8,11H,9-10,12-13H2,1H3,(H,20,23). The summed E-state index contributed by atoms with van der Waals surface area (Å²) < 4.78 is 4.67. The summed E-state index contributed by atoms with van der Waals surface area (Å²) in [6.07, 6.45) is 1.06. The Morgan fingerprint density at radius 3 is 2.71 bits per heavy atom. The highest BCUT2D eigenvalue weighted by Crippen LogP contribution is 2.20. The smallest absolute Gasteiger partial charge is 0.322 e. The van der Waals surface area contributed by atoms with Crippen LogP contribution in [0.1, 0.15) is 16.7 Å². The van der Waals surface area contributed by atoms with Gasteiger partial charge in [-0.25, -0.2) is 4.79 Å². The molecule has 0 bridgehead atoms. The molecule has 0 radical (unpaired) electrons. The summed E-state index contributed by atoms with van der Waals surface area (Å²) in [7, 11) is 1.36. The van der Waals surface area contributed by atoms with Crippen LogP contribution in [0.5, 0.6) is 0 Å². The third kappa shape index (κ3) is 3.74. The summed E-state index contributed by atoms with van der Waals surface area (Å²) in [6, 6.07) is 15.3. The van der Waals surface area contributed by atoms with Crippen molar-refractivity contribution >= 4 is 17.7 Å². The van der Waals surface area contributed by atoms with Crippen LogP contribution in [0.4, 0.5) is 10.5 Å². The summed E-state index contributed by atoms with van der Waals surface area (Å²) >= 11 is 0. The van der Waals surface area contributed by atoms with E-state index in [0.717, 1.165) is 12.0 Å². The first-order valence-corrected chi connectivity index (χ1v) is 7.94. The van der Waals surface area contributed by atoms with Crippen LogP contribution in [0.25, 0.3) is 0 Å². The minimum Gasteiger partial charge on any atom is -0.469 e. The van der Waals surface area contributed by atoms with E-state index in [4.69, 9.17) is 0 Å². The van der Waals surface area contributed by atoms with Crippen molar-refractivity contribution in [3.8, 4) is 0 Å². The normalized spacial score (nSPS) is 13.1. The molecule has 1 heterocycles. The maximum absolute atomic E-state index is 12.5. The molecule has 124 valence electrons. The highest BCUT2D eigenvalue weighted by atomic mass is 16.5. The number of ether oxygens (including phenoxy) is 1. The zero-order chi connectivity index (χ0) is 16.9. The first-order chi connectivity index (χ1) is 11.7. The van der Waals surface area contributed by atoms with E-state index in [9.17, 15) is 9.59 Å². The fourth-order valence-electron chi connectivity index (χ4n) is 2.87. The largest absolute Gasteiger partial charge is 0.469 e. The first-order valence-electron chi connectivity index (χ1n) is 7.94. The van der Waals surface area contributed by atoms with Gasteiger partial charge in [-0.05, 0) is 35.2 Å². The number of hydrogen-bond donors (Lipinski definition) is 1. The van der Waals surface area contributed by atoms with Crippen LogP contribution in [-0.4, -0.2) is 30.6 Å². The monoisotopic (exact) mass is 324 g/mol. The lowest BCUT2D eigenvalue weighted by Gasteiger charge is -2.29. The Morgan fingerprint density at radius 2 is 1.92 bits per heavy atom. The van der Waals surface area contributed by atoms with E-state index in [1.165, 1.54) is 18.2 Å². The summed E-state index contributed by atoms with van der Waals surface area (Å²) in [6.45, 7) is 1.31. The number of methoxy groups -OCH3 is 1. The second-order valence-electron chi connectivity index (χ2n) is 5.82. The van der Waals surface area contributed by atoms with Gasteiger partial charge in [0.1, 0.15) is 0 Å². The van der Waals surface area contributed by atoms with E-state index in [1.807, 2.05) is 30.3 Å². The van der Waals surface area contributed by atoms with Crippen LogP contribution in [0.3, 0.4) is 0 Å². The van der Waals surface area contributed by atoms with Gasteiger partial charge in [0.05, 0.1) is 13.5 Å². The van der Waals surface area contributed by atoms with Crippen LogP contribution >= 0.6 is 0 Å². The summed E-state index contributed by atoms with van der Waals surface area (Å²) in [5.74, 6) is -0.300. The fraction of sp³-hybridized carbons (Fsp3) is 0.263. The van der Waals surface area contributed by atoms with E-state index in [2.05, 4.69) is 22.2 Å². The molecule has 0 saturated heterocycles. The number of fused-ring (bicyclic) bond motifs is 1. The average Bonchev–Trinajstić information content (AvgIpc) is 2.61. The molecule has 2 amide bonds. The third-order valence-corrected chi connectivity index (χ3v) is 4.17. The van der Waals surface area contributed by atoms with E-state index >= 15 is 0 Å². The van der Waals surface area contributed by atoms with E-state index < -0.39 is 0 Å². The number of carbonyl (C=O) groups is 2. The van der Waals surface area contributed by atoms with Crippen LogP contribution in [0.2, 0.25) is 0 Å². The Balaban J connectivity index is 1.65. The molecule has 1 N–H and O–H groups in total. The Morgan fingerprint density at radius 1 is 1.12 bits per heavy atom. The van der Waals surface area contributed by atoms with E-state index in [1.54, 1.807) is 11.0 Å². The molecule has 3 rings (SSSR count). The van der Waals surface area contributed by atoms with Crippen LogP contribution in [0.15, 0.2) is 48.5 Å². The SMILES string of the molecule is COC(=O)Cc1cccc(NC(=O)N2CCc3ccccc3C2)c1. The molecule has 0 atom stereocenters. The van der Waals surface area contributed by atoms with Gasteiger partial charge in [-0.1, -0.05) is 36.4 Å². The molecule has 0 saturated carbocycles. The van der Waals surface area contributed by atoms with Gasteiger partial charge in [0.15, 0.2) is 0 Å². The van der Waals surface area contributed by atoms with Crippen molar-refractivity contribution in [1.29, 1.82) is 0 Å². The van der Waals surface area contributed by atoms with Gasteiger partial charge in [0, 0.05) is 18.8 Å². The van der Waals surface area contributed by atoms with Crippen molar-refractivity contribution in [3.05, 3.63) is 65.2 Å². The first kappa shape index (κ1) is 16.1. The van der Waals surface area contributed by atoms with Gasteiger partial charge in [0.2, 0.25) is 0 Å². The molecule has 0 unspecified atom stereocenters. The highest BCUT2D eigenvalue weighted by Gasteiger charge is 2.20. The number of carbonyl (C=O) groups excluding carboxylic acids is 2. The van der Waals surface area contributed by atoms with Crippen LogP contribution < -0.4 is 5.32 Å². The summed E-state index contributed by atoms with van der Waals surface area (Å²) in [5.41, 5.74) is 3.99. The number of nitrogens with one attached hydrogen (secondary N) is 1. The van der Waals surface area contributed by atoms with Crippen molar-refractivity contribution in [3.63, 3.8) is 0 Å². The second kappa shape index (κ2) is 7.17. The molecule has 1 aliphatic rings.